The van der Waals surface area contributed by atoms with E-state index in [4.69, 9.17) is 15.0 Å². The third-order valence-electron chi connectivity index (χ3n) is 4.62. The van der Waals surface area contributed by atoms with Gasteiger partial charge in [0, 0.05) is 19.0 Å². The zero-order valence-electron chi connectivity index (χ0n) is 15.4. The zero-order chi connectivity index (χ0) is 18.8. The first kappa shape index (κ1) is 19.2. The van der Waals surface area contributed by atoms with Crippen molar-refractivity contribution in [3.05, 3.63) is 40.9 Å². The van der Waals surface area contributed by atoms with Crippen molar-refractivity contribution in [1.82, 2.24) is 5.32 Å². The van der Waals surface area contributed by atoms with Crippen molar-refractivity contribution in [3.8, 4) is 0 Å². The summed E-state index contributed by atoms with van der Waals surface area (Å²) in [6.45, 7) is 9.61. The molecule has 0 aliphatic carbocycles. The predicted molar refractivity (Wildman–Crippen MR) is 97.7 cm³/mol. The van der Waals surface area contributed by atoms with Crippen molar-refractivity contribution in [2.75, 3.05) is 6.54 Å². The molecule has 0 atom stereocenters. The Morgan fingerprint density at radius 3 is 2.32 bits per heavy atom. The highest BCUT2D eigenvalue weighted by atomic mass is 16.7. The summed E-state index contributed by atoms with van der Waals surface area (Å²) in [7, 11) is -0.589. The maximum atomic E-state index is 11.4. The quantitative estimate of drug-likeness (QED) is 0.799. The van der Waals surface area contributed by atoms with Crippen LogP contribution in [0.2, 0.25) is 0 Å². The molecule has 1 aromatic rings. The minimum atomic E-state index is -0.589. The van der Waals surface area contributed by atoms with E-state index in [1.165, 1.54) is 6.92 Å². The normalized spacial score (nSPS) is 18.9. The van der Waals surface area contributed by atoms with Crippen LogP contribution >= 0.6 is 0 Å². The Balaban J connectivity index is 2.35. The van der Waals surface area contributed by atoms with Crippen LogP contribution in [0.4, 0.5) is 0 Å². The average molecular weight is 344 g/mol. The number of carbonyl (C=O) groups excluding carboxylic acids is 2. The van der Waals surface area contributed by atoms with Crippen LogP contribution in [0.3, 0.4) is 0 Å². The molecule has 25 heavy (non-hydrogen) atoms. The Morgan fingerprint density at radius 1 is 1.20 bits per heavy atom. The Bertz CT molecular complexity index is 697. The van der Waals surface area contributed by atoms with Gasteiger partial charge in [0.2, 0.25) is 11.8 Å². The Morgan fingerprint density at radius 2 is 1.80 bits per heavy atom. The van der Waals surface area contributed by atoms with Crippen molar-refractivity contribution < 1.29 is 18.9 Å². The van der Waals surface area contributed by atoms with Gasteiger partial charge in [-0.3, -0.25) is 9.59 Å². The van der Waals surface area contributed by atoms with Crippen LogP contribution in [0.1, 0.15) is 50.5 Å². The van der Waals surface area contributed by atoms with Gasteiger partial charge >= 0.3 is 7.12 Å². The Labute approximate surface area is 148 Å². The lowest BCUT2D eigenvalue weighted by Crippen LogP contribution is -2.41. The Hall–Kier alpha value is -2.12. The monoisotopic (exact) mass is 344 g/mol. The first-order chi connectivity index (χ1) is 11.5. The summed E-state index contributed by atoms with van der Waals surface area (Å²) in [4.78, 5) is 22.7. The highest BCUT2D eigenvalue weighted by molar-refractivity contribution is 6.56. The van der Waals surface area contributed by atoms with Gasteiger partial charge in [-0.15, -0.1) is 0 Å². The number of primary amides is 1. The zero-order valence-corrected chi connectivity index (χ0v) is 15.4. The number of nitrogens with two attached hydrogens (primary N) is 1. The number of hydrogen-bond donors (Lipinski definition) is 2. The maximum absolute atomic E-state index is 11.4. The molecule has 1 aromatic carbocycles. The minimum Gasteiger partial charge on any atom is -0.400 e. The highest BCUT2D eigenvalue weighted by Gasteiger charge is 2.52. The molecule has 0 saturated carbocycles. The smallest absolute Gasteiger partial charge is 0.400 e. The van der Waals surface area contributed by atoms with Crippen LogP contribution in [0.5, 0.6) is 0 Å². The molecule has 1 heterocycles. The summed E-state index contributed by atoms with van der Waals surface area (Å²) >= 11 is 0. The Kier molecular flexibility index (Phi) is 5.39. The number of hydrogen-bond acceptors (Lipinski definition) is 4. The van der Waals surface area contributed by atoms with Crippen molar-refractivity contribution in [3.63, 3.8) is 0 Å². The maximum Gasteiger partial charge on any atom is 0.492 e. The number of rotatable bonds is 5. The largest absolute Gasteiger partial charge is 0.492 e. The second-order valence-electron chi connectivity index (χ2n) is 7.21. The van der Waals surface area contributed by atoms with E-state index >= 15 is 0 Å². The molecule has 0 bridgehead atoms. The molecule has 0 radical (unpaired) electrons. The topological polar surface area (TPSA) is 90.7 Å². The molecule has 3 N–H and O–H groups in total. The van der Waals surface area contributed by atoms with Gasteiger partial charge in [0.25, 0.3) is 0 Å². The van der Waals surface area contributed by atoms with E-state index in [1.807, 2.05) is 39.8 Å². The van der Waals surface area contributed by atoms with Gasteiger partial charge in [-0.1, -0.05) is 18.2 Å². The first-order valence-corrected chi connectivity index (χ1v) is 8.22. The molecule has 1 aliphatic rings. The first-order valence-electron chi connectivity index (χ1n) is 8.22. The fraction of sp³-hybridized carbons (Fsp3) is 0.444. The number of carbonyl (C=O) groups is 2. The van der Waals surface area contributed by atoms with Gasteiger partial charge in [-0.2, -0.15) is 0 Å². The molecular weight excluding hydrogens is 319 g/mol. The lowest BCUT2D eigenvalue weighted by molar-refractivity contribution is -0.118. The predicted octanol–water partition coefficient (Wildman–Crippen LogP) is 1.94. The third kappa shape index (κ3) is 4.49. The van der Waals surface area contributed by atoms with Crippen molar-refractivity contribution in [2.45, 2.75) is 45.8 Å². The van der Waals surface area contributed by atoms with E-state index in [0.29, 0.717) is 5.56 Å². The number of nitrogens with one attached hydrogen (secondary N) is 1. The van der Waals surface area contributed by atoms with E-state index < -0.39 is 24.2 Å². The third-order valence-corrected chi connectivity index (χ3v) is 4.62. The molecular formula is C18H25BN2O4. The second kappa shape index (κ2) is 7.02. The van der Waals surface area contributed by atoms with Gasteiger partial charge < -0.3 is 20.4 Å². The van der Waals surface area contributed by atoms with E-state index in [-0.39, 0.29) is 12.5 Å². The van der Waals surface area contributed by atoms with Crippen LogP contribution in [0, 0.1) is 0 Å². The SMILES string of the molecule is CC(=O)NCC(=Cc1cccc(C(N)=O)c1)B1OC(C)(C)C(C)(C)O1. The fourth-order valence-electron chi connectivity index (χ4n) is 2.42. The summed E-state index contributed by atoms with van der Waals surface area (Å²) in [5.41, 5.74) is 6.33. The average Bonchev–Trinajstić information content (AvgIpc) is 2.71. The lowest BCUT2D eigenvalue weighted by Gasteiger charge is -2.32. The van der Waals surface area contributed by atoms with Crippen molar-refractivity contribution >= 4 is 25.0 Å². The summed E-state index contributed by atoms with van der Waals surface area (Å²) in [5.74, 6) is -0.636. The molecule has 7 heteroatoms. The van der Waals surface area contributed by atoms with Gasteiger partial charge in [0.15, 0.2) is 0 Å². The van der Waals surface area contributed by atoms with E-state index in [9.17, 15) is 9.59 Å². The molecule has 0 aromatic heterocycles. The van der Waals surface area contributed by atoms with Crippen LogP contribution in [-0.2, 0) is 14.1 Å². The molecule has 1 saturated heterocycles. The summed E-state index contributed by atoms with van der Waals surface area (Å²) in [6.07, 6.45) is 1.85. The summed E-state index contributed by atoms with van der Waals surface area (Å²) < 4.78 is 12.1. The molecule has 0 unspecified atom stereocenters. The van der Waals surface area contributed by atoms with E-state index in [0.717, 1.165) is 11.0 Å². The summed E-state index contributed by atoms with van der Waals surface area (Å²) in [5, 5.41) is 2.78. The van der Waals surface area contributed by atoms with E-state index in [1.54, 1.807) is 18.2 Å². The molecule has 0 spiro atoms. The minimum absolute atomic E-state index is 0.145. The van der Waals surface area contributed by atoms with E-state index in [2.05, 4.69) is 5.32 Å². The van der Waals surface area contributed by atoms with Crippen molar-refractivity contribution in [1.29, 1.82) is 0 Å². The standard InChI is InChI=1S/C18H25BN2O4/c1-12(22)21-11-15(19-24-17(2,3)18(4,5)25-19)10-13-7-6-8-14(9-13)16(20)23/h6-10H,11H2,1-5H3,(H2,20,23)(H,21,22). The summed E-state index contributed by atoms with van der Waals surface area (Å²) in [6, 6.07) is 6.96. The van der Waals surface area contributed by atoms with Gasteiger partial charge in [-0.05, 0) is 50.9 Å². The molecule has 1 fully saturated rings. The number of benzene rings is 1. The number of amides is 2. The molecule has 1 aliphatic heterocycles. The van der Waals surface area contributed by atoms with Crippen molar-refractivity contribution in [2.24, 2.45) is 5.73 Å². The van der Waals surface area contributed by atoms with Gasteiger partial charge in [-0.25, -0.2) is 0 Å². The molecule has 2 amide bonds. The lowest BCUT2D eigenvalue weighted by atomic mass is 9.77. The van der Waals surface area contributed by atoms with Crippen LogP contribution in [0.25, 0.3) is 6.08 Å². The molecule has 2 rings (SSSR count). The van der Waals surface area contributed by atoms with Crippen LogP contribution in [0.15, 0.2) is 29.7 Å². The molecule has 6 nitrogen and oxygen atoms in total. The highest BCUT2D eigenvalue weighted by Crippen LogP contribution is 2.38. The van der Waals surface area contributed by atoms with Gasteiger partial charge in [0.1, 0.15) is 0 Å². The van der Waals surface area contributed by atoms with Crippen LogP contribution in [-0.4, -0.2) is 36.7 Å². The van der Waals surface area contributed by atoms with Crippen LogP contribution < -0.4 is 11.1 Å². The fourth-order valence-corrected chi connectivity index (χ4v) is 2.42. The second-order valence-corrected chi connectivity index (χ2v) is 7.21. The molecule has 134 valence electrons. The van der Waals surface area contributed by atoms with Gasteiger partial charge in [0.05, 0.1) is 11.2 Å².